The molecule has 0 aliphatic heterocycles. The fraction of sp³-hybridized carbons (Fsp3) is 0.269. The van der Waals surface area contributed by atoms with E-state index in [2.05, 4.69) is 4.72 Å². The summed E-state index contributed by atoms with van der Waals surface area (Å²) in [6.45, 7) is 3.39. The third-order valence-electron chi connectivity index (χ3n) is 5.37. The second kappa shape index (κ2) is 11.2. The minimum atomic E-state index is -4.13. The van der Waals surface area contributed by atoms with Crippen molar-refractivity contribution in [1.29, 1.82) is 0 Å². The van der Waals surface area contributed by atoms with Crippen LogP contribution in [0.3, 0.4) is 0 Å². The highest BCUT2D eigenvalue weighted by molar-refractivity contribution is 7.89. The first kappa shape index (κ1) is 26.1. The van der Waals surface area contributed by atoms with Crippen molar-refractivity contribution in [3.63, 3.8) is 0 Å². The molecule has 0 spiro atoms. The lowest BCUT2D eigenvalue weighted by Gasteiger charge is -2.19. The number of sulfonamides is 1. The van der Waals surface area contributed by atoms with E-state index in [-0.39, 0.29) is 11.5 Å². The van der Waals surface area contributed by atoms with E-state index in [1.807, 2.05) is 30.3 Å². The monoisotopic (exact) mass is 499 g/mol. The molecule has 0 aliphatic rings. The van der Waals surface area contributed by atoms with Gasteiger partial charge in [0.2, 0.25) is 10.0 Å². The molecule has 8 nitrogen and oxygen atoms in total. The van der Waals surface area contributed by atoms with Crippen LogP contribution in [0.4, 0.5) is 0 Å². The molecule has 3 aromatic carbocycles. The first-order chi connectivity index (χ1) is 16.6. The SMILES string of the molecule is COc1cc(COc2cc(S(=O)(=O)NC(C(=O)O)C(C)C)ccc2-c2ccccc2)cc(OC)c1. The van der Waals surface area contributed by atoms with Gasteiger partial charge in [0.25, 0.3) is 0 Å². The van der Waals surface area contributed by atoms with Crippen LogP contribution in [-0.4, -0.2) is 39.8 Å². The Kier molecular flexibility index (Phi) is 8.37. The maximum atomic E-state index is 13.0. The number of carbonyl (C=O) groups is 1. The van der Waals surface area contributed by atoms with Crippen LogP contribution < -0.4 is 18.9 Å². The molecule has 0 heterocycles. The number of methoxy groups -OCH3 is 2. The Balaban J connectivity index is 2.00. The molecule has 1 atom stereocenters. The Labute approximate surface area is 205 Å². The molecule has 0 aromatic heterocycles. The molecule has 9 heteroatoms. The third-order valence-corrected chi connectivity index (χ3v) is 6.81. The minimum Gasteiger partial charge on any atom is -0.497 e. The van der Waals surface area contributed by atoms with Crippen molar-refractivity contribution in [3.05, 3.63) is 72.3 Å². The number of hydrogen-bond donors (Lipinski definition) is 2. The van der Waals surface area contributed by atoms with Crippen LogP contribution in [0, 0.1) is 5.92 Å². The lowest BCUT2D eigenvalue weighted by atomic mass is 10.0. The normalized spacial score (nSPS) is 12.3. The van der Waals surface area contributed by atoms with Gasteiger partial charge in [-0.25, -0.2) is 8.42 Å². The van der Waals surface area contributed by atoms with Crippen molar-refractivity contribution in [1.82, 2.24) is 4.72 Å². The van der Waals surface area contributed by atoms with Crippen molar-refractivity contribution >= 4 is 16.0 Å². The summed E-state index contributed by atoms with van der Waals surface area (Å²) >= 11 is 0. The van der Waals surface area contributed by atoms with Crippen molar-refractivity contribution in [2.45, 2.75) is 31.4 Å². The number of aliphatic carboxylic acids is 1. The summed E-state index contributed by atoms with van der Waals surface area (Å²) in [5.74, 6) is -0.157. The predicted molar refractivity (Wildman–Crippen MR) is 132 cm³/mol. The van der Waals surface area contributed by atoms with E-state index < -0.39 is 28.0 Å². The Morgan fingerprint density at radius 3 is 2.11 bits per heavy atom. The molecule has 35 heavy (non-hydrogen) atoms. The van der Waals surface area contributed by atoms with Crippen LogP contribution in [0.5, 0.6) is 17.2 Å². The molecule has 186 valence electrons. The first-order valence-corrected chi connectivity index (χ1v) is 12.4. The quantitative estimate of drug-likeness (QED) is 0.404. The summed E-state index contributed by atoms with van der Waals surface area (Å²) in [5, 5.41) is 9.42. The number of carboxylic acid groups (broad SMARTS) is 1. The summed E-state index contributed by atoms with van der Waals surface area (Å²) in [5.41, 5.74) is 2.30. The zero-order chi connectivity index (χ0) is 25.6. The van der Waals surface area contributed by atoms with Gasteiger partial charge in [-0.15, -0.1) is 0 Å². The molecule has 0 saturated carbocycles. The van der Waals surface area contributed by atoms with Crippen LogP contribution in [0.25, 0.3) is 11.1 Å². The van der Waals surface area contributed by atoms with Gasteiger partial charge < -0.3 is 19.3 Å². The average molecular weight is 500 g/mol. The molecule has 0 bridgehead atoms. The van der Waals surface area contributed by atoms with Crippen LogP contribution in [0.15, 0.2) is 71.6 Å². The fourth-order valence-corrected chi connectivity index (χ4v) is 4.82. The highest BCUT2D eigenvalue weighted by atomic mass is 32.2. The van der Waals surface area contributed by atoms with E-state index >= 15 is 0 Å². The largest absolute Gasteiger partial charge is 0.497 e. The fourth-order valence-electron chi connectivity index (χ4n) is 3.46. The average Bonchev–Trinajstić information content (AvgIpc) is 2.85. The van der Waals surface area contributed by atoms with Gasteiger partial charge in [0.15, 0.2) is 0 Å². The Morgan fingerprint density at radius 2 is 1.57 bits per heavy atom. The highest BCUT2D eigenvalue weighted by Gasteiger charge is 2.28. The molecule has 0 fully saturated rings. The number of carboxylic acids is 1. The van der Waals surface area contributed by atoms with Gasteiger partial charge in [-0.05, 0) is 41.3 Å². The van der Waals surface area contributed by atoms with Crippen LogP contribution in [-0.2, 0) is 21.4 Å². The Hall–Kier alpha value is -3.56. The zero-order valence-corrected chi connectivity index (χ0v) is 20.8. The van der Waals surface area contributed by atoms with Crippen LogP contribution in [0.2, 0.25) is 0 Å². The van der Waals surface area contributed by atoms with E-state index in [0.717, 1.165) is 11.1 Å². The van der Waals surface area contributed by atoms with E-state index in [4.69, 9.17) is 14.2 Å². The minimum absolute atomic E-state index is 0.0951. The lowest BCUT2D eigenvalue weighted by Crippen LogP contribution is -2.44. The number of hydrogen-bond acceptors (Lipinski definition) is 6. The number of ether oxygens (including phenoxy) is 3. The van der Waals surface area contributed by atoms with E-state index in [0.29, 0.717) is 22.8 Å². The Bertz CT molecular complexity index is 1250. The molecular weight excluding hydrogens is 470 g/mol. The molecule has 0 saturated heterocycles. The van der Waals surface area contributed by atoms with Gasteiger partial charge in [0, 0.05) is 17.7 Å². The van der Waals surface area contributed by atoms with Gasteiger partial charge in [-0.1, -0.05) is 44.2 Å². The molecule has 3 rings (SSSR count). The summed E-state index contributed by atoms with van der Waals surface area (Å²) in [4.78, 5) is 11.5. The van der Waals surface area contributed by atoms with Gasteiger partial charge in [-0.3, -0.25) is 4.79 Å². The smallest absolute Gasteiger partial charge is 0.322 e. The van der Waals surface area contributed by atoms with Crippen LogP contribution in [0.1, 0.15) is 19.4 Å². The van der Waals surface area contributed by atoms with E-state index in [9.17, 15) is 18.3 Å². The summed E-state index contributed by atoms with van der Waals surface area (Å²) < 4.78 is 45.1. The van der Waals surface area contributed by atoms with Crippen molar-refractivity contribution in [2.75, 3.05) is 14.2 Å². The molecule has 3 aromatic rings. The molecule has 0 aliphatic carbocycles. The van der Waals surface area contributed by atoms with Gasteiger partial charge in [0.05, 0.1) is 19.1 Å². The topological polar surface area (TPSA) is 111 Å². The number of benzene rings is 3. The number of rotatable bonds is 11. The predicted octanol–water partition coefficient (Wildman–Crippen LogP) is 4.34. The summed E-state index contributed by atoms with van der Waals surface area (Å²) in [7, 11) is -1.02. The third kappa shape index (κ3) is 6.52. The van der Waals surface area contributed by atoms with Crippen LogP contribution >= 0.6 is 0 Å². The van der Waals surface area contributed by atoms with Crippen molar-refractivity contribution in [3.8, 4) is 28.4 Å². The van der Waals surface area contributed by atoms with Crippen molar-refractivity contribution in [2.24, 2.45) is 5.92 Å². The highest BCUT2D eigenvalue weighted by Crippen LogP contribution is 2.33. The summed E-state index contributed by atoms with van der Waals surface area (Å²) in [6.07, 6.45) is 0. The maximum absolute atomic E-state index is 13.0. The molecule has 0 radical (unpaired) electrons. The standard InChI is InChI=1S/C26H29NO7S/c1-17(2)25(26(28)29)27-35(30,31)22-10-11-23(19-8-6-5-7-9-19)24(15-22)34-16-18-12-20(32-3)14-21(13-18)33-4/h5-15,17,25,27H,16H2,1-4H3,(H,28,29). The first-order valence-electron chi connectivity index (χ1n) is 10.9. The van der Waals surface area contributed by atoms with Gasteiger partial charge >= 0.3 is 5.97 Å². The van der Waals surface area contributed by atoms with E-state index in [1.165, 1.54) is 12.1 Å². The van der Waals surface area contributed by atoms with E-state index in [1.54, 1.807) is 52.3 Å². The second-order valence-corrected chi connectivity index (χ2v) is 9.93. The molecule has 0 amide bonds. The number of nitrogens with one attached hydrogen (secondary N) is 1. The molecule has 2 N–H and O–H groups in total. The zero-order valence-electron chi connectivity index (χ0n) is 20.0. The van der Waals surface area contributed by atoms with Gasteiger partial charge in [-0.2, -0.15) is 4.72 Å². The molecule has 1 unspecified atom stereocenters. The lowest BCUT2D eigenvalue weighted by molar-refractivity contribution is -0.140. The second-order valence-electron chi connectivity index (χ2n) is 8.21. The molecular formula is C26H29NO7S. The summed E-state index contributed by atoms with van der Waals surface area (Å²) in [6, 6.07) is 18.0. The van der Waals surface area contributed by atoms with Crippen molar-refractivity contribution < 1.29 is 32.5 Å². The van der Waals surface area contributed by atoms with Gasteiger partial charge in [0.1, 0.15) is 29.9 Å². The Morgan fingerprint density at radius 1 is 0.943 bits per heavy atom. The maximum Gasteiger partial charge on any atom is 0.322 e.